The maximum Gasteiger partial charge on any atom is 0.306 e. The number of hydrogen-bond donors (Lipinski definition) is 2. The first kappa shape index (κ1) is 12.5. The minimum absolute atomic E-state index is 0.420. The molecular formula is C14H17NO3. The quantitative estimate of drug-likeness (QED) is 0.873. The fraction of sp³-hybridized carbons (Fsp3) is 0.357. The van der Waals surface area contributed by atoms with Gasteiger partial charge in [-0.15, -0.1) is 0 Å². The number of carboxylic acid groups (broad SMARTS) is 1. The van der Waals surface area contributed by atoms with E-state index in [9.17, 15) is 4.79 Å². The van der Waals surface area contributed by atoms with Crippen molar-refractivity contribution in [2.75, 3.05) is 7.11 Å². The van der Waals surface area contributed by atoms with Crippen molar-refractivity contribution in [3.8, 4) is 5.75 Å². The van der Waals surface area contributed by atoms with Gasteiger partial charge in [0.2, 0.25) is 0 Å². The van der Waals surface area contributed by atoms with Gasteiger partial charge in [0, 0.05) is 16.6 Å². The highest BCUT2D eigenvalue weighted by molar-refractivity contribution is 5.88. The molecule has 0 bridgehead atoms. The topological polar surface area (TPSA) is 62.3 Å². The SMILES string of the molecule is COc1c(CC(C)C(=O)O)ccc2[nH]c(C)cc12. The van der Waals surface area contributed by atoms with Crippen molar-refractivity contribution >= 4 is 16.9 Å². The fourth-order valence-corrected chi connectivity index (χ4v) is 2.18. The number of carboxylic acids is 1. The number of nitrogens with one attached hydrogen (secondary N) is 1. The summed E-state index contributed by atoms with van der Waals surface area (Å²) >= 11 is 0. The van der Waals surface area contributed by atoms with Crippen LogP contribution in [0.2, 0.25) is 0 Å². The van der Waals surface area contributed by atoms with Gasteiger partial charge in [-0.2, -0.15) is 0 Å². The molecule has 2 rings (SSSR count). The summed E-state index contributed by atoms with van der Waals surface area (Å²) in [6.07, 6.45) is 0.471. The number of hydrogen-bond acceptors (Lipinski definition) is 2. The lowest BCUT2D eigenvalue weighted by Crippen LogP contribution is -2.12. The largest absolute Gasteiger partial charge is 0.496 e. The number of rotatable bonds is 4. The van der Waals surface area contributed by atoms with Crippen LogP contribution in [0.1, 0.15) is 18.2 Å². The van der Waals surface area contributed by atoms with Crippen molar-refractivity contribution in [1.82, 2.24) is 4.98 Å². The summed E-state index contributed by atoms with van der Waals surface area (Å²) in [5.41, 5.74) is 3.00. The van der Waals surface area contributed by atoms with Crippen LogP contribution in [0, 0.1) is 12.8 Å². The molecule has 2 aromatic rings. The molecule has 4 nitrogen and oxygen atoms in total. The minimum Gasteiger partial charge on any atom is -0.496 e. The van der Waals surface area contributed by atoms with Crippen LogP contribution >= 0.6 is 0 Å². The zero-order valence-electron chi connectivity index (χ0n) is 10.8. The van der Waals surface area contributed by atoms with Gasteiger partial charge in [-0.25, -0.2) is 0 Å². The number of methoxy groups -OCH3 is 1. The van der Waals surface area contributed by atoms with Crippen LogP contribution in [0.5, 0.6) is 5.75 Å². The minimum atomic E-state index is -0.789. The summed E-state index contributed by atoms with van der Waals surface area (Å²) in [4.78, 5) is 14.2. The van der Waals surface area contributed by atoms with Crippen molar-refractivity contribution in [1.29, 1.82) is 0 Å². The molecule has 1 unspecified atom stereocenters. The van der Waals surface area contributed by atoms with E-state index in [1.807, 2.05) is 25.1 Å². The van der Waals surface area contributed by atoms with E-state index < -0.39 is 11.9 Å². The van der Waals surface area contributed by atoms with Gasteiger partial charge in [0.05, 0.1) is 13.0 Å². The average Bonchev–Trinajstić information content (AvgIpc) is 2.69. The van der Waals surface area contributed by atoms with Crippen molar-refractivity contribution in [3.05, 3.63) is 29.5 Å². The number of H-pyrrole nitrogens is 1. The Morgan fingerprint density at radius 2 is 2.22 bits per heavy atom. The third-order valence-corrected chi connectivity index (χ3v) is 3.12. The Balaban J connectivity index is 2.47. The molecule has 0 amide bonds. The third-order valence-electron chi connectivity index (χ3n) is 3.12. The summed E-state index contributed by atoms with van der Waals surface area (Å²) < 4.78 is 5.44. The summed E-state index contributed by atoms with van der Waals surface area (Å²) in [6.45, 7) is 3.69. The number of aromatic amines is 1. The van der Waals surface area contributed by atoms with Gasteiger partial charge in [0.25, 0.3) is 0 Å². The molecule has 0 radical (unpaired) electrons. The molecular weight excluding hydrogens is 230 g/mol. The zero-order chi connectivity index (χ0) is 13.3. The molecule has 0 fully saturated rings. The van der Waals surface area contributed by atoms with Crippen LogP contribution in [-0.4, -0.2) is 23.2 Å². The molecule has 18 heavy (non-hydrogen) atoms. The van der Waals surface area contributed by atoms with Crippen molar-refractivity contribution < 1.29 is 14.6 Å². The lowest BCUT2D eigenvalue weighted by Gasteiger charge is -2.12. The van der Waals surface area contributed by atoms with Gasteiger partial charge >= 0.3 is 5.97 Å². The molecule has 1 aromatic heterocycles. The van der Waals surface area contributed by atoms with Gasteiger partial charge in [0.15, 0.2) is 0 Å². The van der Waals surface area contributed by atoms with E-state index in [-0.39, 0.29) is 0 Å². The standard InChI is InChI=1S/C14H17NO3/c1-8(14(16)17)6-10-4-5-12-11(13(10)18-3)7-9(2)15-12/h4-5,7-8,15H,6H2,1-3H3,(H,16,17). The number of aryl methyl sites for hydroxylation is 1. The molecule has 0 aliphatic carbocycles. The molecule has 0 aliphatic heterocycles. The maximum atomic E-state index is 10.9. The molecule has 0 spiro atoms. The van der Waals surface area contributed by atoms with Gasteiger partial charge in [0.1, 0.15) is 5.75 Å². The number of aliphatic carboxylic acids is 1. The van der Waals surface area contributed by atoms with Gasteiger partial charge in [-0.3, -0.25) is 4.79 Å². The van der Waals surface area contributed by atoms with Crippen LogP contribution in [0.15, 0.2) is 18.2 Å². The Bertz CT molecular complexity index is 586. The van der Waals surface area contributed by atoms with Gasteiger partial charge < -0.3 is 14.8 Å². The second kappa shape index (κ2) is 4.72. The molecule has 0 aliphatic rings. The highest BCUT2D eigenvalue weighted by Crippen LogP contribution is 2.31. The molecule has 1 heterocycles. The van der Waals surface area contributed by atoms with Gasteiger partial charge in [-0.05, 0) is 31.0 Å². The molecule has 4 heteroatoms. The third kappa shape index (κ3) is 2.18. The first-order valence-corrected chi connectivity index (χ1v) is 5.91. The lowest BCUT2D eigenvalue weighted by molar-refractivity contribution is -0.141. The number of carbonyl (C=O) groups is 1. The van der Waals surface area contributed by atoms with E-state index in [1.54, 1.807) is 14.0 Å². The van der Waals surface area contributed by atoms with E-state index in [2.05, 4.69) is 4.98 Å². The van der Waals surface area contributed by atoms with Crippen molar-refractivity contribution in [2.45, 2.75) is 20.3 Å². The first-order chi connectivity index (χ1) is 8.52. The highest BCUT2D eigenvalue weighted by Gasteiger charge is 2.16. The number of aromatic nitrogens is 1. The van der Waals surface area contributed by atoms with E-state index in [0.29, 0.717) is 6.42 Å². The molecule has 1 atom stereocenters. The molecule has 2 N–H and O–H groups in total. The Labute approximate surface area is 106 Å². The van der Waals surface area contributed by atoms with E-state index in [0.717, 1.165) is 27.9 Å². The van der Waals surface area contributed by atoms with Crippen molar-refractivity contribution in [2.24, 2.45) is 5.92 Å². The number of benzene rings is 1. The number of ether oxygens (including phenoxy) is 1. The van der Waals surface area contributed by atoms with Crippen LogP contribution in [0.3, 0.4) is 0 Å². The van der Waals surface area contributed by atoms with E-state index in [1.165, 1.54) is 0 Å². The maximum absolute atomic E-state index is 10.9. The number of fused-ring (bicyclic) bond motifs is 1. The normalized spacial score (nSPS) is 12.6. The smallest absolute Gasteiger partial charge is 0.306 e. The van der Waals surface area contributed by atoms with Crippen LogP contribution < -0.4 is 4.74 Å². The van der Waals surface area contributed by atoms with Gasteiger partial charge in [-0.1, -0.05) is 13.0 Å². The Hall–Kier alpha value is -1.97. The monoisotopic (exact) mass is 247 g/mol. The van der Waals surface area contributed by atoms with Crippen molar-refractivity contribution in [3.63, 3.8) is 0 Å². The second-order valence-corrected chi connectivity index (χ2v) is 4.61. The summed E-state index contributed by atoms with van der Waals surface area (Å²) in [5.74, 6) is -0.441. The van der Waals surface area contributed by atoms with Crippen LogP contribution in [0.4, 0.5) is 0 Å². The fourth-order valence-electron chi connectivity index (χ4n) is 2.18. The predicted molar refractivity (Wildman–Crippen MR) is 70.1 cm³/mol. The first-order valence-electron chi connectivity index (χ1n) is 5.91. The van der Waals surface area contributed by atoms with Crippen LogP contribution in [0.25, 0.3) is 10.9 Å². The summed E-state index contributed by atoms with van der Waals surface area (Å²) in [7, 11) is 1.62. The molecule has 0 saturated carbocycles. The molecule has 96 valence electrons. The zero-order valence-corrected chi connectivity index (χ0v) is 10.8. The Kier molecular flexibility index (Phi) is 3.28. The van der Waals surface area contributed by atoms with E-state index in [4.69, 9.17) is 9.84 Å². The van der Waals surface area contributed by atoms with Crippen LogP contribution in [-0.2, 0) is 11.2 Å². The van der Waals surface area contributed by atoms with E-state index >= 15 is 0 Å². The Morgan fingerprint density at radius 3 is 2.83 bits per heavy atom. The average molecular weight is 247 g/mol. The lowest BCUT2D eigenvalue weighted by atomic mass is 9.99. The molecule has 0 saturated heterocycles. The Morgan fingerprint density at radius 1 is 1.50 bits per heavy atom. The highest BCUT2D eigenvalue weighted by atomic mass is 16.5. The summed E-state index contributed by atoms with van der Waals surface area (Å²) in [5, 5.41) is 9.98. The summed E-state index contributed by atoms with van der Waals surface area (Å²) in [6, 6.07) is 5.91. The second-order valence-electron chi connectivity index (χ2n) is 4.61. The molecule has 1 aromatic carbocycles. The predicted octanol–water partition coefficient (Wildman–Crippen LogP) is 2.75.